The van der Waals surface area contributed by atoms with Crippen LogP contribution in [0.1, 0.15) is 10.4 Å². The Bertz CT molecular complexity index is 612. The molecule has 1 heterocycles. The van der Waals surface area contributed by atoms with Crippen molar-refractivity contribution in [1.29, 1.82) is 0 Å². The van der Waals surface area contributed by atoms with E-state index in [0.29, 0.717) is 5.69 Å². The van der Waals surface area contributed by atoms with Crippen LogP contribution in [0, 0.1) is 0 Å². The van der Waals surface area contributed by atoms with Crippen molar-refractivity contribution in [2.24, 2.45) is 0 Å². The maximum atomic E-state index is 11.7. The fraction of sp³-hybridized carbons (Fsp3) is 0.0909. The summed E-state index contributed by atoms with van der Waals surface area (Å²) < 4.78 is 1.35. The van der Waals surface area contributed by atoms with Gasteiger partial charge in [0.2, 0.25) is 5.91 Å². The third kappa shape index (κ3) is 3.29. The molecule has 0 aliphatic heterocycles. The van der Waals surface area contributed by atoms with Crippen LogP contribution in [0.15, 0.2) is 30.6 Å². The van der Waals surface area contributed by atoms with Gasteiger partial charge in [-0.25, -0.2) is 9.48 Å². The lowest BCUT2D eigenvalue weighted by Gasteiger charge is -2.07. The van der Waals surface area contributed by atoms with E-state index < -0.39 is 5.97 Å². The van der Waals surface area contributed by atoms with Crippen molar-refractivity contribution < 1.29 is 14.7 Å². The van der Waals surface area contributed by atoms with E-state index in [2.05, 4.69) is 15.6 Å². The van der Waals surface area contributed by atoms with E-state index in [1.807, 2.05) is 0 Å². The van der Waals surface area contributed by atoms with E-state index in [1.165, 1.54) is 29.1 Å². The van der Waals surface area contributed by atoms with Crippen molar-refractivity contribution in [2.45, 2.75) is 6.54 Å². The molecule has 1 aromatic heterocycles. The summed E-state index contributed by atoms with van der Waals surface area (Å²) in [6.07, 6.45) is 3.00. The molecule has 1 amide bonds. The van der Waals surface area contributed by atoms with Gasteiger partial charge in [-0.1, -0.05) is 16.8 Å². The Labute approximate surface area is 112 Å². The van der Waals surface area contributed by atoms with Crippen molar-refractivity contribution in [3.8, 4) is 0 Å². The van der Waals surface area contributed by atoms with Gasteiger partial charge in [0.1, 0.15) is 6.54 Å². The van der Waals surface area contributed by atoms with Crippen molar-refractivity contribution in [2.75, 3.05) is 5.32 Å². The summed E-state index contributed by atoms with van der Waals surface area (Å²) in [6, 6.07) is 4.23. The largest absolute Gasteiger partial charge is 0.478 e. The fourth-order valence-corrected chi connectivity index (χ4v) is 1.63. The Kier molecular flexibility index (Phi) is 3.76. The van der Waals surface area contributed by atoms with Gasteiger partial charge >= 0.3 is 5.97 Å². The molecule has 98 valence electrons. The predicted molar refractivity (Wildman–Crippen MR) is 67.1 cm³/mol. The number of carboxylic acids is 1. The molecule has 8 heteroatoms. The van der Waals surface area contributed by atoms with Crippen molar-refractivity contribution >= 4 is 29.2 Å². The molecule has 0 aliphatic carbocycles. The molecule has 2 rings (SSSR count). The molecule has 0 aliphatic rings. The van der Waals surface area contributed by atoms with E-state index in [-0.39, 0.29) is 23.0 Å². The van der Waals surface area contributed by atoms with Crippen molar-refractivity contribution in [3.63, 3.8) is 0 Å². The number of hydrogen-bond donors (Lipinski definition) is 2. The van der Waals surface area contributed by atoms with Gasteiger partial charge in [-0.3, -0.25) is 4.79 Å². The lowest BCUT2D eigenvalue weighted by Crippen LogP contribution is -2.19. The van der Waals surface area contributed by atoms with Crippen LogP contribution in [0.4, 0.5) is 5.69 Å². The Morgan fingerprint density at radius 3 is 2.84 bits per heavy atom. The number of amides is 1. The van der Waals surface area contributed by atoms with Crippen molar-refractivity contribution in [1.82, 2.24) is 15.0 Å². The van der Waals surface area contributed by atoms with Crippen LogP contribution in [0.3, 0.4) is 0 Å². The van der Waals surface area contributed by atoms with E-state index in [9.17, 15) is 9.59 Å². The number of aromatic carboxylic acids is 1. The van der Waals surface area contributed by atoms with E-state index >= 15 is 0 Å². The summed E-state index contributed by atoms with van der Waals surface area (Å²) in [6.45, 7) is -0.00890. The average molecular weight is 281 g/mol. The van der Waals surface area contributed by atoms with Gasteiger partial charge in [0.15, 0.2) is 0 Å². The number of benzene rings is 1. The fourth-order valence-electron chi connectivity index (χ4n) is 1.43. The first-order valence-electron chi connectivity index (χ1n) is 5.23. The first-order chi connectivity index (χ1) is 9.06. The third-order valence-corrected chi connectivity index (χ3v) is 2.59. The first kappa shape index (κ1) is 13.0. The van der Waals surface area contributed by atoms with Crippen molar-refractivity contribution in [3.05, 3.63) is 41.2 Å². The minimum atomic E-state index is -1.16. The van der Waals surface area contributed by atoms with Gasteiger partial charge in [-0.05, 0) is 18.2 Å². The summed E-state index contributed by atoms with van der Waals surface area (Å²) in [5.41, 5.74) is 0.284. The summed E-state index contributed by atoms with van der Waals surface area (Å²) in [5, 5.41) is 18.8. The molecular formula is C11H9ClN4O3. The molecule has 0 bridgehead atoms. The molecular weight excluding hydrogens is 272 g/mol. The second kappa shape index (κ2) is 5.49. The molecule has 0 saturated heterocycles. The molecule has 0 saturated carbocycles. The summed E-state index contributed by atoms with van der Waals surface area (Å²) >= 11 is 5.73. The van der Waals surface area contributed by atoms with E-state index in [4.69, 9.17) is 16.7 Å². The summed E-state index contributed by atoms with van der Waals surface area (Å²) in [7, 11) is 0. The quantitative estimate of drug-likeness (QED) is 0.879. The Hall–Kier alpha value is -2.41. The summed E-state index contributed by atoms with van der Waals surface area (Å²) in [5.74, 6) is -1.50. The lowest BCUT2D eigenvalue weighted by molar-refractivity contribution is -0.116. The number of carbonyl (C=O) groups is 2. The summed E-state index contributed by atoms with van der Waals surface area (Å²) in [4.78, 5) is 22.6. The molecule has 7 nitrogen and oxygen atoms in total. The zero-order valence-corrected chi connectivity index (χ0v) is 10.3. The predicted octanol–water partition coefficient (Wildman–Crippen LogP) is 1.27. The molecule has 19 heavy (non-hydrogen) atoms. The molecule has 0 fully saturated rings. The number of rotatable bonds is 4. The molecule has 0 unspecified atom stereocenters. The number of anilines is 1. The number of hydrogen-bond acceptors (Lipinski definition) is 4. The van der Waals surface area contributed by atoms with E-state index in [0.717, 1.165) is 0 Å². The number of halogens is 1. The molecule has 2 N–H and O–H groups in total. The van der Waals surface area contributed by atoms with Gasteiger partial charge < -0.3 is 10.4 Å². The maximum Gasteiger partial charge on any atom is 0.337 e. The first-order valence-corrected chi connectivity index (χ1v) is 5.61. The van der Waals surface area contributed by atoms with Gasteiger partial charge in [0.05, 0.1) is 16.8 Å². The highest BCUT2D eigenvalue weighted by molar-refractivity contribution is 6.33. The number of nitrogens with one attached hydrogen (secondary N) is 1. The monoisotopic (exact) mass is 280 g/mol. The second-order valence-electron chi connectivity index (χ2n) is 3.65. The number of carbonyl (C=O) groups excluding carboxylic acids is 1. The van der Waals surface area contributed by atoms with Gasteiger partial charge in [0, 0.05) is 11.9 Å². The van der Waals surface area contributed by atoms with Crippen LogP contribution < -0.4 is 5.32 Å². The van der Waals surface area contributed by atoms with E-state index in [1.54, 1.807) is 6.20 Å². The Morgan fingerprint density at radius 1 is 1.42 bits per heavy atom. The normalized spacial score (nSPS) is 10.2. The highest BCUT2D eigenvalue weighted by atomic mass is 35.5. The van der Waals surface area contributed by atoms with Crippen LogP contribution in [0.2, 0.25) is 5.02 Å². The molecule has 1 aromatic carbocycles. The highest BCUT2D eigenvalue weighted by Gasteiger charge is 2.11. The number of carboxylic acid groups (broad SMARTS) is 1. The zero-order chi connectivity index (χ0) is 13.8. The van der Waals surface area contributed by atoms with Gasteiger partial charge in [0.25, 0.3) is 0 Å². The van der Waals surface area contributed by atoms with Crippen LogP contribution >= 0.6 is 11.6 Å². The molecule has 0 radical (unpaired) electrons. The minimum Gasteiger partial charge on any atom is -0.478 e. The Balaban J connectivity index is 2.09. The van der Waals surface area contributed by atoms with Gasteiger partial charge in [-0.2, -0.15) is 0 Å². The minimum absolute atomic E-state index is 0.00890. The van der Waals surface area contributed by atoms with Crippen LogP contribution in [0.5, 0.6) is 0 Å². The Morgan fingerprint density at radius 2 is 2.21 bits per heavy atom. The number of aromatic nitrogens is 3. The SMILES string of the molecule is O=C(Cn1ccnn1)Nc1ccc(Cl)c(C(=O)O)c1. The van der Waals surface area contributed by atoms with Crippen LogP contribution in [-0.4, -0.2) is 32.0 Å². The molecule has 0 atom stereocenters. The zero-order valence-electron chi connectivity index (χ0n) is 9.58. The van der Waals surface area contributed by atoms with Crippen LogP contribution in [-0.2, 0) is 11.3 Å². The smallest absolute Gasteiger partial charge is 0.337 e. The highest BCUT2D eigenvalue weighted by Crippen LogP contribution is 2.20. The second-order valence-corrected chi connectivity index (χ2v) is 4.06. The molecule has 0 spiro atoms. The standard InChI is InChI=1S/C11H9ClN4O3/c12-9-2-1-7(5-8(9)11(18)19)14-10(17)6-16-4-3-13-15-16/h1-5H,6H2,(H,14,17)(H,18,19). The lowest BCUT2D eigenvalue weighted by atomic mass is 10.2. The van der Waals surface area contributed by atoms with Crippen LogP contribution in [0.25, 0.3) is 0 Å². The third-order valence-electron chi connectivity index (χ3n) is 2.26. The topological polar surface area (TPSA) is 97.1 Å². The van der Waals surface area contributed by atoms with Gasteiger partial charge in [-0.15, -0.1) is 5.10 Å². The number of nitrogens with zero attached hydrogens (tertiary/aromatic N) is 3. The average Bonchev–Trinajstić information content (AvgIpc) is 2.84. The maximum absolute atomic E-state index is 11.7. The molecule has 2 aromatic rings.